The van der Waals surface area contributed by atoms with Crippen molar-refractivity contribution < 1.29 is 4.79 Å². The van der Waals surface area contributed by atoms with Crippen LogP contribution >= 0.6 is 0 Å². The smallest absolute Gasteiger partial charge is 0.224 e. The van der Waals surface area contributed by atoms with E-state index in [1.165, 1.54) is 5.56 Å². The van der Waals surface area contributed by atoms with Crippen LogP contribution in [0.15, 0.2) is 30.3 Å². The molecular formula is C17H28N2O. The van der Waals surface area contributed by atoms with Gasteiger partial charge in [-0.05, 0) is 25.5 Å². The summed E-state index contributed by atoms with van der Waals surface area (Å²) in [5.41, 5.74) is 1.35. The summed E-state index contributed by atoms with van der Waals surface area (Å²) in [4.78, 5) is 12.1. The first-order valence-corrected chi connectivity index (χ1v) is 7.57. The molecule has 0 bridgehead atoms. The third-order valence-electron chi connectivity index (χ3n) is 4.30. The van der Waals surface area contributed by atoms with Crippen molar-refractivity contribution in [1.82, 2.24) is 10.6 Å². The van der Waals surface area contributed by atoms with E-state index in [1.807, 2.05) is 20.0 Å². The molecule has 3 nitrogen and oxygen atoms in total. The number of carbonyl (C=O) groups excluding carboxylic acids is 1. The van der Waals surface area contributed by atoms with Crippen LogP contribution in [0.5, 0.6) is 0 Å². The van der Waals surface area contributed by atoms with E-state index >= 15 is 0 Å². The van der Waals surface area contributed by atoms with Gasteiger partial charge in [-0.15, -0.1) is 0 Å². The normalized spacial score (nSPS) is 13.0. The molecule has 0 heterocycles. The molecule has 0 aliphatic carbocycles. The van der Waals surface area contributed by atoms with Crippen molar-refractivity contribution in [3.05, 3.63) is 35.9 Å². The van der Waals surface area contributed by atoms with Crippen molar-refractivity contribution >= 4 is 5.91 Å². The second-order valence-electron chi connectivity index (χ2n) is 5.53. The first-order valence-electron chi connectivity index (χ1n) is 7.57. The van der Waals surface area contributed by atoms with Crippen molar-refractivity contribution in [3.63, 3.8) is 0 Å². The van der Waals surface area contributed by atoms with E-state index in [2.05, 4.69) is 48.7 Å². The Labute approximate surface area is 123 Å². The number of carbonyl (C=O) groups is 1. The van der Waals surface area contributed by atoms with E-state index in [0.29, 0.717) is 13.1 Å². The molecule has 1 rings (SSSR count). The minimum Gasteiger partial charge on any atom is -0.355 e. The zero-order valence-corrected chi connectivity index (χ0v) is 13.2. The van der Waals surface area contributed by atoms with E-state index < -0.39 is 0 Å². The van der Waals surface area contributed by atoms with Crippen LogP contribution < -0.4 is 10.6 Å². The van der Waals surface area contributed by atoms with Gasteiger partial charge in [0.1, 0.15) is 0 Å². The molecule has 112 valence electrons. The van der Waals surface area contributed by atoms with Gasteiger partial charge >= 0.3 is 0 Å². The minimum absolute atomic E-state index is 0.00202. The first-order chi connectivity index (χ1) is 9.59. The van der Waals surface area contributed by atoms with E-state index in [-0.39, 0.29) is 17.2 Å². The summed E-state index contributed by atoms with van der Waals surface area (Å²) in [7, 11) is 1.87. The molecule has 1 amide bonds. The minimum atomic E-state index is 0.00202. The van der Waals surface area contributed by atoms with Gasteiger partial charge in [0.2, 0.25) is 5.91 Å². The van der Waals surface area contributed by atoms with Crippen LogP contribution in [0.1, 0.15) is 39.2 Å². The number of nitrogens with one attached hydrogen (secondary N) is 2. The predicted octanol–water partition coefficient (Wildman–Crippen LogP) is 2.72. The van der Waals surface area contributed by atoms with Crippen LogP contribution in [0.2, 0.25) is 0 Å². The lowest BCUT2D eigenvalue weighted by molar-refractivity contribution is -0.124. The fraction of sp³-hybridized carbons (Fsp3) is 0.588. The molecule has 1 atom stereocenters. The molecule has 0 radical (unpaired) electrons. The van der Waals surface area contributed by atoms with Gasteiger partial charge in [-0.2, -0.15) is 0 Å². The summed E-state index contributed by atoms with van der Waals surface area (Å²) in [6.07, 6.45) is 2.04. The molecule has 0 fully saturated rings. The highest BCUT2D eigenvalue weighted by molar-refractivity contribution is 5.78. The lowest BCUT2D eigenvalue weighted by Crippen LogP contribution is -2.43. The molecule has 0 aliphatic rings. The number of rotatable bonds is 8. The Morgan fingerprint density at radius 3 is 2.30 bits per heavy atom. The van der Waals surface area contributed by atoms with Gasteiger partial charge < -0.3 is 10.6 Å². The number of hydrogen-bond acceptors (Lipinski definition) is 2. The van der Waals surface area contributed by atoms with E-state index in [1.54, 1.807) is 0 Å². The van der Waals surface area contributed by atoms with E-state index in [9.17, 15) is 4.79 Å². The van der Waals surface area contributed by atoms with Crippen molar-refractivity contribution in [2.24, 2.45) is 5.92 Å². The van der Waals surface area contributed by atoms with Crippen LogP contribution in [0.3, 0.4) is 0 Å². The standard InChI is InChI=1S/C17H28N2O/c1-5-17(6-2,15-10-8-7-9-11-15)13-19-16(20)14(3)12-18-4/h7-11,14,18H,5-6,12-13H2,1-4H3,(H,19,20). The van der Waals surface area contributed by atoms with E-state index in [4.69, 9.17) is 0 Å². The number of amides is 1. The molecule has 1 aromatic rings. The molecule has 0 saturated carbocycles. The quantitative estimate of drug-likeness (QED) is 0.766. The van der Waals surface area contributed by atoms with Crippen LogP contribution in [0.4, 0.5) is 0 Å². The number of benzene rings is 1. The second kappa shape index (κ2) is 8.05. The summed E-state index contributed by atoms with van der Waals surface area (Å²) in [5.74, 6) is 0.128. The molecule has 0 aromatic heterocycles. The van der Waals surface area contributed by atoms with Gasteiger partial charge in [0.15, 0.2) is 0 Å². The van der Waals surface area contributed by atoms with Gasteiger partial charge in [-0.25, -0.2) is 0 Å². The fourth-order valence-corrected chi connectivity index (χ4v) is 2.63. The summed E-state index contributed by atoms with van der Waals surface area (Å²) >= 11 is 0. The topological polar surface area (TPSA) is 41.1 Å². The van der Waals surface area contributed by atoms with Crippen LogP contribution in [0, 0.1) is 5.92 Å². The highest BCUT2D eigenvalue weighted by Gasteiger charge is 2.29. The Bertz CT molecular complexity index is 399. The Hall–Kier alpha value is -1.35. The molecule has 0 aliphatic heterocycles. The van der Waals surface area contributed by atoms with Gasteiger partial charge in [-0.1, -0.05) is 51.1 Å². The lowest BCUT2D eigenvalue weighted by atomic mass is 9.75. The Balaban J connectivity index is 2.76. The monoisotopic (exact) mass is 276 g/mol. The lowest BCUT2D eigenvalue weighted by Gasteiger charge is -2.33. The van der Waals surface area contributed by atoms with Crippen molar-refractivity contribution in [2.75, 3.05) is 20.1 Å². The van der Waals surface area contributed by atoms with Gasteiger partial charge in [0.25, 0.3) is 0 Å². The Morgan fingerprint density at radius 1 is 1.20 bits per heavy atom. The van der Waals surface area contributed by atoms with Crippen LogP contribution in [-0.4, -0.2) is 26.0 Å². The molecular weight excluding hydrogens is 248 g/mol. The zero-order valence-electron chi connectivity index (χ0n) is 13.2. The predicted molar refractivity (Wildman–Crippen MR) is 84.8 cm³/mol. The van der Waals surface area contributed by atoms with Gasteiger partial charge in [0.05, 0.1) is 0 Å². The summed E-state index contributed by atoms with van der Waals surface area (Å²) in [6.45, 7) is 7.76. The first kappa shape index (κ1) is 16.7. The Kier molecular flexibility index (Phi) is 6.73. The van der Waals surface area contributed by atoms with Crippen LogP contribution in [-0.2, 0) is 10.2 Å². The summed E-state index contributed by atoms with van der Waals surface area (Å²) < 4.78 is 0. The van der Waals surface area contributed by atoms with E-state index in [0.717, 1.165) is 12.8 Å². The molecule has 1 unspecified atom stereocenters. The molecule has 0 spiro atoms. The highest BCUT2D eigenvalue weighted by atomic mass is 16.1. The molecule has 2 N–H and O–H groups in total. The molecule has 1 aromatic carbocycles. The molecule has 0 saturated heterocycles. The van der Waals surface area contributed by atoms with Gasteiger partial charge in [0, 0.05) is 24.4 Å². The largest absolute Gasteiger partial charge is 0.355 e. The maximum atomic E-state index is 12.1. The van der Waals surface area contributed by atoms with Crippen molar-refractivity contribution in [2.45, 2.75) is 39.0 Å². The second-order valence-corrected chi connectivity index (χ2v) is 5.53. The number of hydrogen-bond donors (Lipinski definition) is 2. The molecule has 3 heteroatoms. The van der Waals surface area contributed by atoms with Crippen molar-refractivity contribution in [1.29, 1.82) is 0 Å². The maximum Gasteiger partial charge on any atom is 0.224 e. The van der Waals surface area contributed by atoms with Crippen molar-refractivity contribution in [3.8, 4) is 0 Å². The maximum absolute atomic E-state index is 12.1. The average Bonchev–Trinajstić information content (AvgIpc) is 2.50. The third-order valence-corrected chi connectivity index (χ3v) is 4.30. The Morgan fingerprint density at radius 2 is 1.80 bits per heavy atom. The average molecular weight is 276 g/mol. The summed E-state index contributed by atoms with van der Waals surface area (Å²) in [6, 6.07) is 10.5. The van der Waals surface area contributed by atoms with Crippen LogP contribution in [0.25, 0.3) is 0 Å². The highest BCUT2D eigenvalue weighted by Crippen LogP contribution is 2.30. The zero-order chi connectivity index (χ0) is 15.0. The van der Waals surface area contributed by atoms with Gasteiger partial charge in [-0.3, -0.25) is 4.79 Å². The summed E-state index contributed by atoms with van der Waals surface area (Å²) in [5, 5.41) is 6.17. The third kappa shape index (κ3) is 4.07. The molecule has 20 heavy (non-hydrogen) atoms. The SMILES string of the molecule is CCC(CC)(CNC(=O)C(C)CNC)c1ccccc1. The fourth-order valence-electron chi connectivity index (χ4n) is 2.63.